The van der Waals surface area contributed by atoms with E-state index in [0.717, 1.165) is 35.2 Å². The van der Waals surface area contributed by atoms with Crippen LogP contribution in [0.4, 0.5) is 0 Å². The molecule has 1 fully saturated rings. The van der Waals surface area contributed by atoms with Crippen LogP contribution in [0.15, 0.2) is 21.3 Å². The number of benzene rings is 1. The minimum atomic E-state index is -0.286. The van der Waals surface area contributed by atoms with Gasteiger partial charge in [-0.15, -0.1) is 0 Å². The third-order valence-corrected chi connectivity index (χ3v) is 5.36. The minimum absolute atomic E-state index is 0.101. The van der Waals surface area contributed by atoms with E-state index in [9.17, 15) is 9.59 Å². The number of fused-ring (bicyclic) bond motifs is 1. The number of oxazole rings is 1. The summed E-state index contributed by atoms with van der Waals surface area (Å²) in [5, 5.41) is 0. The quantitative estimate of drug-likeness (QED) is 0.852. The zero-order chi connectivity index (χ0) is 17.3. The molecule has 1 saturated heterocycles. The molecule has 0 radical (unpaired) electrons. The average molecular weight is 348 g/mol. The fourth-order valence-electron chi connectivity index (χ4n) is 3.55. The molecule has 5 nitrogen and oxygen atoms in total. The maximum atomic E-state index is 12.4. The van der Waals surface area contributed by atoms with Crippen LogP contribution in [0.5, 0.6) is 0 Å². The number of piperidine rings is 1. The number of hydrogen-bond donors (Lipinski definition) is 0. The van der Waals surface area contributed by atoms with Crippen molar-refractivity contribution in [1.82, 2.24) is 9.47 Å². The molecule has 0 aliphatic carbocycles. The summed E-state index contributed by atoms with van der Waals surface area (Å²) in [5.74, 6) is 0.799. The first-order chi connectivity index (χ1) is 11.5. The molecule has 0 unspecified atom stereocenters. The summed E-state index contributed by atoms with van der Waals surface area (Å²) in [6, 6.07) is 4.15. The maximum Gasteiger partial charge on any atom is 0.420 e. The second-order valence-electron chi connectivity index (χ2n) is 6.52. The highest BCUT2D eigenvalue weighted by Gasteiger charge is 2.26. The average Bonchev–Trinajstić information content (AvgIpc) is 2.89. The van der Waals surface area contributed by atoms with Crippen molar-refractivity contribution in [2.75, 3.05) is 25.1 Å². The summed E-state index contributed by atoms with van der Waals surface area (Å²) in [6.45, 7) is 5.42. The smallest absolute Gasteiger partial charge is 0.407 e. The molecule has 0 saturated carbocycles. The number of thioether (sulfide) groups is 1. The molecule has 24 heavy (non-hydrogen) atoms. The van der Waals surface area contributed by atoms with Crippen LogP contribution < -0.4 is 5.76 Å². The van der Waals surface area contributed by atoms with Crippen LogP contribution in [0.2, 0.25) is 0 Å². The summed E-state index contributed by atoms with van der Waals surface area (Å²) in [7, 11) is 0. The van der Waals surface area contributed by atoms with Gasteiger partial charge in [0.05, 0.1) is 5.52 Å². The Balaban J connectivity index is 1.80. The molecule has 1 amide bonds. The van der Waals surface area contributed by atoms with Gasteiger partial charge in [0, 0.05) is 31.3 Å². The minimum Gasteiger partial charge on any atom is -0.407 e. The van der Waals surface area contributed by atoms with Gasteiger partial charge >= 0.3 is 5.76 Å². The highest BCUT2D eigenvalue weighted by molar-refractivity contribution is 7.98. The number of nitrogens with zero attached hydrogens (tertiary/aromatic N) is 2. The molecule has 0 atom stereocenters. The Labute approximate surface area is 146 Å². The van der Waals surface area contributed by atoms with Crippen molar-refractivity contribution in [2.45, 2.75) is 39.2 Å². The van der Waals surface area contributed by atoms with Crippen LogP contribution in [0.25, 0.3) is 11.1 Å². The van der Waals surface area contributed by atoms with Crippen LogP contribution in [-0.2, 0) is 4.79 Å². The van der Waals surface area contributed by atoms with Crippen molar-refractivity contribution in [3.63, 3.8) is 0 Å². The van der Waals surface area contributed by atoms with E-state index >= 15 is 0 Å². The number of rotatable bonds is 4. The van der Waals surface area contributed by atoms with Gasteiger partial charge in [-0.25, -0.2) is 4.79 Å². The van der Waals surface area contributed by atoms with Crippen molar-refractivity contribution >= 4 is 28.8 Å². The Morgan fingerprint density at radius 2 is 2.00 bits per heavy atom. The Morgan fingerprint density at radius 3 is 2.67 bits per heavy atom. The van der Waals surface area contributed by atoms with Crippen molar-refractivity contribution in [2.24, 2.45) is 0 Å². The van der Waals surface area contributed by atoms with E-state index in [1.54, 1.807) is 16.3 Å². The number of amides is 1. The number of carbonyl (C=O) groups excluding carboxylic acids is 1. The molecule has 3 rings (SSSR count). The van der Waals surface area contributed by atoms with Gasteiger partial charge in [0.25, 0.3) is 0 Å². The lowest BCUT2D eigenvalue weighted by molar-refractivity contribution is -0.132. The second kappa shape index (κ2) is 7.05. The monoisotopic (exact) mass is 348 g/mol. The van der Waals surface area contributed by atoms with E-state index in [2.05, 4.69) is 0 Å². The number of hydrogen-bond acceptors (Lipinski definition) is 4. The van der Waals surface area contributed by atoms with E-state index < -0.39 is 0 Å². The molecule has 0 spiro atoms. The Kier molecular flexibility index (Phi) is 5.04. The standard InChI is InChI=1S/C18H24N2O3S/c1-12-10-13(2)17-15(11-12)20(18(22)23-17)14-4-7-19(8-5-14)16(21)6-9-24-3/h10-11,14H,4-9H2,1-3H3. The highest BCUT2D eigenvalue weighted by atomic mass is 32.2. The Hall–Kier alpha value is -1.69. The van der Waals surface area contributed by atoms with Crippen molar-refractivity contribution < 1.29 is 9.21 Å². The van der Waals surface area contributed by atoms with Gasteiger partial charge in [0.15, 0.2) is 5.58 Å². The first-order valence-electron chi connectivity index (χ1n) is 8.40. The van der Waals surface area contributed by atoms with E-state index in [1.807, 2.05) is 37.1 Å². The number of aryl methyl sites for hydroxylation is 2. The van der Waals surface area contributed by atoms with Crippen molar-refractivity contribution in [3.8, 4) is 0 Å². The Bertz CT molecular complexity index is 800. The van der Waals surface area contributed by atoms with Crippen LogP contribution in [0, 0.1) is 13.8 Å². The topological polar surface area (TPSA) is 55.5 Å². The molecule has 2 aromatic rings. The number of aromatic nitrogens is 1. The number of likely N-dealkylation sites (tertiary alicyclic amines) is 1. The zero-order valence-corrected chi connectivity index (χ0v) is 15.3. The Morgan fingerprint density at radius 1 is 1.29 bits per heavy atom. The van der Waals surface area contributed by atoms with Gasteiger partial charge in [-0.05, 0) is 50.1 Å². The fourth-order valence-corrected chi connectivity index (χ4v) is 3.92. The van der Waals surface area contributed by atoms with Gasteiger partial charge < -0.3 is 9.32 Å². The molecule has 6 heteroatoms. The summed E-state index contributed by atoms with van der Waals surface area (Å²) >= 11 is 1.69. The molecule has 1 aromatic heterocycles. The van der Waals surface area contributed by atoms with Gasteiger partial charge in [0.2, 0.25) is 5.91 Å². The third kappa shape index (κ3) is 3.24. The lowest BCUT2D eigenvalue weighted by Crippen LogP contribution is -2.40. The number of carbonyl (C=O) groups is 1. The van der Waals surface area contributed by atoms with Crippen LogP contribution in [0.3, 0.4) is 0 Å². The van der Waals surface area contributed by atoms with Crippen molar-refractivity contribution in [3.05, 3.63) is 33.8 Å². The van der Waals surface area contributed by atoms with Gasteiger partial charge in [-0.1, -0.05) is 6.07 Å². The van der Waals surface area contributed by atoms with Gasteiger partial charge in [-0.2, -0.15) is 11.8 Å². The molecule has 1 aliphatic heterocycles. The summed E-state index contributed by atoms with van der Waals surface area (Å²) < 4.78 is 7.28. The summed E-state index contributed by atoms with van der Waals surface area (Å²) in [4.78, 5) is 26.4. The van der Waals surface area contributed by atoms with E-state index in [4.69, 9.17) is 4.42 Å². The van der Waals surface area contributed by atoms with Gasteiger partial charge in [-0.3, -0.25) is 9.36 Å². The molecular formula is C18H24N2O3S. The van der Waals surface area contributed by atoms with Crippen molar-refractivity contribution in [1.29, 1.82) is 0 Å². The first-order valence-corrected chi connectivity index (χ1v) is 9.79. The predicted octanol–water partition coefficient (Wildman–Crippen LogP) is 3.13. The zero-order valence-electron chi connectivity index (χ0n) is 14.5. The molecule has 130 valence electrons. The van der Waals surface area contributed by atoms with E-state index in [-0.39, 0.29) is 17.7 Å². The molecular weight excluding hydrogens is 324 g/mol. The first kappa shape index (κ1) is 17.1. The molecule has 2 heterocycles. The molecule has 0 bridgehead atoms. The molecule has 0 N–H and O–H groups in total. The third-order valence-electron chi connectivity index (χ3n) is 4.75. The van der Waals surface area contributed by atoms with Crippen LogP contribution in [0.1, 0.15) is 36.4 Å². The predicted molar refractivity (Wildman–Crippen MR) is 97.8 cm³/mol. The normalized spacial score (nSPS) is 16.0. The lowest BCUT2D eigenvalue weighted by atomic mass is 10.0. The van der Waals surface area contributed by atoms with Gasteiger partial charge in [0.1, 0.15) is 0 Å². The van der Waals surface area contributed by atoms with Crippen LogP contribution in [-0.4, -0.2) is 40.5 Å². The maximum absolute atomic E-state index is 12.4. The molecule has 1 aliphatic rings. The lowest BCUT2D eigenvalue weighted by Gasteiger charge is -2.32. The highest BCUT2D eigenvalue weighted by Crippen LogP contribution is 2.28. The SMILES string of the molecule is CSCCC(=O)N1CCC(n2c(=O)oc3c(C)cc(C)cc32)CC1. The molecule has 1 aromatic carbocycles. The van der Waals surface area contributed by atoms with Crippen LogP contribution >= 0.6 is 11.8 Å². The summed E-state index contributed by atoms with van der Waals surface area (Å²) in [5.41, 5.74) is 3.68. The largest absolute Gasteiger partial charge is 0.420 e. The fraction of sp³-hybridized carbons (Fsp3) is 0.556. The second-order valence-corrected chi connectivity index (χ2v) is 7.51. The van der Waals surface area contributed by atoms with E-state index in [0.29, 0.717) is 25.1 Å². The van der Waals surface area contributed by atoms with E-state index in [1.165, 1.54) is 0 Å². The summed E-state index contributed by atoms with van der Waals surface area (Å²) in [6.07, 6.45) is 4.21.